The van der Waals surface area contributed by atoms with Crippen molar-refractivity contribution in [1.82, 2.24) is 9.88 Å². The van der Waals surface area contributed by atoms with Gasteiger partial charge in [0.2, 0.25) is 5.91 Å². The van der Waals surface area contributed by atoms with Gasteiger partial charge in [-0.1, -0.05) is 19.1 Å². The molecule has 3 heterocycles. The first kappa shape index (κ1) is 22.9. The molecule has 1 amide bonds. The monoisotopic (exact) mass is 486 g/mol. The van der Waals surface area contributed by atoms with E-state index in [-0.39, 0.29) is 36.2 Å². The third-order valence-electron chi connectivity index (χ3n) is 5.06. The predicted molar refractivity (Wildman–Crippen MR) is 126 cm³/mol. The van der Waals surface area contributed by atoms with Gasteiger partial charge in [-0.05, 0) is 36.3 Å². The van der Waals surface area contributed by atoms with E-state index < -0.39 is 16.0 Å². The van der Waals surface area contributed by atoms with Gasteiger partial charge in [0.05, 0.1) is 22.7 Å². The lowest BCUT2D eigenvalue weighted by Crippen LogP contribution is -2.37. The van der Waals surface area contributed by atoms with Crippen molar-refractivity contribution in [3.8, 4) is 0 Å². The van der Waals surface area contributed by atoms with Gasteiger partial charge < -0.3 is 9.64 Å². The van der Waals surface area contributed by atoms with Gasteiger partial charge in [-0.2, -0.15) is 0 Å². The lowest BCUT2D eigenvalue weighted by Gasteiger charge is -2.26. The van der Waals surface area contributed by atoms with Crippen molar-refractivity contribution in [2.75, 3.05) is 17.2 Å². The number of aryl methyl sites for hydroxylation is 1. The smallest absolute Gasteiger partial charge is 0.340 e. The minimum atomic E-state index is -3.46. The SMILES string of the molecule is CCc1ccc(N(C(C)=O)c2nc(COC(=O)C3=CN4CCS(=O)(=O)N=C4C=C3)cs2)cc1. The van der Waals surface area contributed by atoms with Crippen LogP contribution in [0.1, 0.15) is 25.1 Å². The number of amides is 1. The number of anilines is 2. The minimum absolute atomic E-state index is 0.0592. The second-order valence-electron chi connectivity index (χ2n) is 7.42. The van der Waals surface area contributed by atoms with Gasteiger partial charge in [0.15, 0.2) is 5.13 Å². The first-order valence-electron chi connectivity index (χ1n) is 10.3. The first-order valence-corrected chi connectivity index (χ1v) is 12.7. The molecule has 0 unspecified atom stereocenters. The van der Waals surface area contributed by atoms with Crippen LogP contribution in [0.25, 0.3) is 0 Å². The Bertz CT molecular complexity index is 1280. The van der Waals surface area contributed by atoms with Gasteiger partial charge in [0.25, 0.3) is 10.0 Å². The van der Waals surface area contributed by atoms with E-state index in [1.54, 1.807) is 10.3 Å². The van der Waals surface area contributed by atoms with Crippen LogP contribution in [0.2, 0.25) is 0 Å². The molecule has 0 aliphatic carbocycles. The number of nitrogens with zero attached hydrogens (tertiary/aromatic N) is 4. The Labute approximate surface area is 195 Å². The fourth-order valence-corrected chi connectivity index (χ4v) is 5.16. The number of hydrogen-bond acceptors (Lipinski definition) is 8. The third-order valence-corrected chi connectivity index (χ3v) is 7.10. The molecule has 2 aliphatic rings. The molecule has 0 spiro atoms. The van der Waals surface area contributed by atoms with Crippen molar-refractivity contribution in [2.45, 2.75) is 26.9 Å². The summed E-state index contributed by atoms with van der Waals surface area (Å²) in [6, 6.07) is 7.71. The summed E-state index contributed by atoms with van der Waals surface area (Å²) in [5.74, 6) is -0.570. The first-order chi connectivity index (χ1) is 15.8. The Morgan fingerprint density at radius 3 is 2.67 bits per heavy atom. The second-order valence-corrected chi connectivity index (χ2v) is 10.0. The number of carbonyl (C=O) groups is 2. The summed E-state index contributed by atoms with van der Waals surface area (Å²) in [6.07, 6.45) is 5.38. The highest BCUT2D eigenvalue weighted by atomic mass is 32.2. The number of hydrogen-bond donors (Lipinski definition) is 0. The zero-order valence-corrected chi connectivity index (χ0v) is 19.7. The number of amidine groups is 1. The molecule has 9 nitrogen and oxygen atoms in total. The zero-order valence-electron chi connectivity index (χ0n) is 18.1. The van der Waals surface area contributed by atoms with Crippen LogP contribution >= 0.6 is 11.3 Å². The minimum Gasteiger partial charge on any atom is -0.456 e. The Hall–Kier alpha value is -3.31. The maximum absolute atomic E-state index is 12.5. The number of thiazole rings is 1. The summed E-state index contributed by atoms with van der Waals surface area (Å²) in [5.41, 5.74) is 2.69. The molecule has 2 aromatic rings. The highest BCUT2D eigenvalue weighted by Gasteiger charge is 2.25. The summed E-state index contributed by atoms with van der Waals surface area (Å²) in [5, 5.41) is 2.23. The van der Waals surface area contributed by atoms with Crippen LogP contribution in [0.3, 0.4) is 0 Å². The lowest BCUT2D eigenvalue weighted by molar-refractivity contribution is -0.140. The van der Waals surface area contributed by atoms with Gasteiger partial charge >= 0.3 is 5.97 Å². The molecule has 172 valence electrons. The molecule has 1 aromatic heterocycles. The molecule has 0 atom stereocenters. The average Bonchev–Trinajstić information content (AvgIpc) is 3.25. The second kappa shape index (κ2) is 9.28. The Balaban J connectivity index is 1.42. The summed E-state index contributed by atoms with van der Waals surface area (Å²) >= 11 is 1.29. The van der Waals surface area contributed by atoms with Crippen LogP contribution in [-0.4, -0.2) is 48.3 Å². The van der Waals surface area contributed by atoms with Crippen molar-refractivity contribution in [2.24, 2.45) is 4.40 Å². The highest BCUT2D eigenvalue weighted by molar-refractivity contribution is 7.90. The molecular weight excluding hydrogens is 464 g/mol. The molecule has 0 N–H and O–H groups in total. The fraction of sp³-hybridized carbons (Fsp3) is 0.273. The molecule has 0 bridgehead atoms. The molecule has 4 rings (SSSR count). The zero-order chi connectivity index (χ0) is 23.6. The van der Waals surface area contributed by atoms with Crippen LogP contribution in [0.4, 0.5) is 10.8 Å². The van der Waals surface area contributed by atoms with E-state index in [0.29, 0.717) is 10.8 Å². The van der Waals surface area contributed by atoms with E-state index in [1.807, 2.05) is 24.3 Å². The number of aromatic nitrogens is 1. The molecule has 33 heavy (non-hydrogen) atoms. The largest absolute Gasteiger partial charge is 0.456 e. The lowest BCUT2D eigenvalue weighted by atomic mass is 10.1. The van der Waals surface area contributed by atoms with Crippen molar-refractivity contribution in [1.29, 1.82) is 0 Å². The van der Waals surface area contributed by atoms with Crippen molar-refractivity contribution >= 4 is 49.9 Å². The maximum atomic E-state index is 12.5. The standard InChI is InChI=1S/C22H22N4O5S2/c1-3-16-4-7-19(8-5-16)26(15(2)27)22-23-18(14-32-22)13-31-21(28)17-6-9-20-24-33(29,30)11-10-25(20)12-17/h4-9,12,14H,3,10-11,13H2,1-2H3. The van der Waals surface area contributed by atoms with Gasteiger partial charge in [0.1, 0.15) is 12.4 Å². The Kier molecular flexibility index (Phi) is 6.43. The molecule has 0 saturated carbocycles. The molecule has 0 radical (unpaired) electrons. The van der Waals surface area contributed by atoms with E-state index in [9.17, 15) is 18.0 Å². The van der Waals surface area contributed by atoms with Gasteiger partial charge in [-0.15, -0.1) is 15.7 Å². The van der Waals surface area contributed by atoms with Crippen molar-refractivity contribution in [3.05, 3.63) is 64.8 Å². The van der Waals surface area contributed by atoms with Crippen LogP contribution in [0, 0.1) is 0 Å². The van der Waals surface area contributed by atoms with Gasteiger partial charge in [-0.3, -0.25) is 9.69 Å². The molecule has 11 heteroatoms. The summed E-state index contributed by atoms with van der Waals surface area (Å²) in [7, 11) is -3.46. The third kappa shape index (κ3) is 5.20. The number of carbonyl (C=O) groups excluding carboxylic acids is 2. The number of rotatable bonds is 6. The predicted octanol–water partition coefficient (Wildman–Crippen LogP) is 2.93. The highest BCUT2D eigenvalue weighted by Crippen LogP contribution is 2.29. The topological polar surface area (TPSA) is 109 Å². The molecule has 0 saturated heterocycles. The van der Waals surface area contributed by atoms with E-state index in [0.717, 1.165) is 12.1 Å². The summed E-state index contributed by atoms with van der Waals surface area (Å²) in [6.45, 7) is 3.70. The number of ether oxygens (including phenoxy) is 1. The number of fused-ring (bicyclic) bond motifs is 1. The number of benzene rings is 1. The van der Waals surface area contributed by atoms with Gasteiger partial charge in [-0.25, -0.2) is 18.2 Å². The quantitative estimate of drug-likeness (QED) is 0.578. The molecule has 0 fully saturated rings. The van der Waals surface area contributed by atoms with Crippen LogP contribution in [-0.2, 0) is 37.4 Å². The number of esters is 1. The molecule has 1 aromatic carbocycles. The van der Waals surface area contributed by atoms with Crippen LogP contribution in [0.5, 0.6) is 0 Å². The van der Waals surface area contributed by atoms with Crippen molar-refractivity contribution < 1.29 is 22.7 Å². The van der Waals surface area contributed by atoms with E-state index in [1.165, 1.54) is 47.1 Å². The van der Waals surface area contributed by atoms with E-state index in [4.69, 9.17) is 4.74 Å². The van der Waals surface area contributed by atoms with Crippen molar-refractivity contribution in [3.63, 3.8) is 0 Å². The Morgan fingerprint density at radius 2 is 1.97 bits per heavy atom. The normalized spacial score (nSPS) is 16.5. The fourth-order valence-electron chi connectivity index (χ4n) is 3.32. The van der Waals surface area contributed by atoms with E-state index >= 15 is 0 Å². The van der Waals surface area contributed by atoms with Crippen LogP contribution in [0.15, 0.2) is 58.0 Å². The average molecular weight is 487 g/mol. The van der Waals surface area contributed by atoms with Gasteiger partial charge in [0, 0.05) is 25.0 Å². The molecular formula is C22H22N4O5S2. The number of sulfonamides is 1. The Morgan fingerprint density at radius 1 is 1.21 bits per heavy atom. The van der Waals surface area contributed by atoms with Crippen LogP contribution < -0.4 is 4.90 Å². The van der Waals surface area contributed by atoms with E-state index in [2.05, 4.69) is 16.3 Å². The summed E-state index contributed by atoms with van der Waals surface area (Å²) in [4.78, 5) is 32.4. The summed E-state index contributed by atoms with van der Waals surface area (Å²) < 4.78 is 32.3. The maximum Gasteiger partial charge on any atom is 0.340 e. The molecule has 2 aliphatic heterocycles.